The van der Waals surface area contributed by atoms with E-state index in [1.807, 2.05) is 6.92 Å². The molecule has 0 saturated carbocycles. The van der Waals surface area contributed by atoms with Crippen LogP contribution in [0.4, 0.5) is 0 Å². The van der Waals surface area contributed by atoms with E-state index in [1.54, 1.807) is 18.4 Å². The lowest BCUT2D eigenvalue weighted by molar-refractivity contribution is -0.704. The maximum Gasteiger partial charge on any atom is 0.277 e. The summed E-state index contributed by atoms with van der Waals surface area (Å²) < 4.78 is 0. The second kappa shape index (κ2) is 7.56. The number of hydrogen-bond donors (Lipinski definition) is 2. The fourth-order valence-corrected chi connectivity index (χ4v) is 3.36. The number of amides is 1. The minimum Gasteiger partial charge on any atom is -0.354 e. The second-order valence-corrected chi connectivity index (χ2v) is 6.89. The number of rotatable bonds is 6. The van der Waals surface area contributed by atoms with Gasteiger partial charge in [0.25, 0.3) is 5.91 Å². The Morgan fingerprint density at radius 3 is 2.23 bits per heavy atom. The molecule has 0 aliphatic carbocycles. The molecular formula is C18H25N2OS+. The van der Waals surface area contributed by atoms with Gasteiger partial charge in [-0.25, -0.2) is 0 Å². The summed E-state index contributed by atoms with van der Waals surface area (Å²) in [5.74, 6) is 0.586. The molecule has 1 amide bonds. The van der Waals surface area contributed by atoms with E-state index in [9.17, 15) is 4.79 Å². The third kappa shape index (κ3) is 3.96. The third-order valence-electron chi connectivity index (χ3n) is 3.95. The van der Waals surface area contributed by atoms with E-state index in [0.717, 1.165) is 0 Å². The number of thiophene rings is 1. The van der Waals surface area contributed by atoms with E-state index in [2.05, 4.69) is 66.3 Å². The molecule has 2 rings (SSSR count). The molecule has 0 unspecified atom stereocenters. The highest BCUT2D eigenvalue weighted by Crippen LogP contribution is 2.24. The van der Waals surface area contributed by atoms with Crippen LogP contribution in [0.5, 0.6) is 0 Å². The fourth-order valence-electron chi connectivity index (χ4n) is 2.53. The summed E-state index contributed by atoms with van der Waals surface area (Å²) in [6.45, 7) is 6.35. The van der Waals surface area contributed by atoms with Gasteiger partial charge in [-0.3, -0.25) is 4.79 Å². The van der Waals surface area contributed by atoms with Crippen LogP contribution >= 0.6 is 11.3 Å². The highest BCUT2D eigenvalue weighted by molar-refractivity contribution is 7.10. The molecule has 0 spiro atoms. The molecule has 0 saturated heterocycles. The van der Waals surface area contributed by atoms with Crippen LogP contribution in [-0.4, -0.2) is 19.0 Å². The maximum absolute atomic E-state index is 11.9. The quantitative estimate of drug-likeness (QED) is 0.845. The molecule has 3 nitrogen and oxygen atoms in total. The van der Waals surface area contributed by atoms with Crippen molar-refractivity contribution >= 4 is 17.2 Å². The third-order valence-corrected chi connectivity index (χ3v) is 4.91. The summed E-state index contributed by atoms with van der Waals surface area (Å²) in [6.07, 6.45) is 0. The summed E-state index contributed by atoms with van der Waals surface area (Å²) in [7, 11) is 1.68. The fraction of sp³-hybridized carbons (Fsp3) is 0.389. The Labute approximate surface area is 136 Å². The Kier molecular flexibility index (Phi) is 5.75. The molecule has 22 heavy (non-hydrogen) atoms. The van der Waals surface area contributed by atoms with Gasteiger partial charge in [0.05, 0.1) is 4.88 Å². The highest BCUT2D eigenvalue weighted by Gasteiger charge is 2.24. The first-order valence-electron chi connectivity index (χ1n) is 7.72. The second-order valence-electron chi connectivity index (χ2n) is 5.91. The summed E-state index contributed by atoms with van der Waals surface area (Å²) >= 11 is 1.73. The first-order chi connectivity index (χ1) is 10.5. The van der Waals surface area contributed by atoms with E-state index < -0.39 is 0 Å². The number of quaternary nitrogens is 1. The van der Waals surface area contributed by atoms with E-state index in [0.29, 0.717) is 5.92 Å². The first-order valence-corrected chi connectivity index (χ1v) is 8.60. The van der Waals surface area contributed by atoms with Gasteiger partial charge in [-0.15, -0.1) is 11.3 Å². The van der Waals surface area contributed by atoms with Crippen LogP contribution in [0.3, 0.4) is 0 Å². The summed E-state index contributed by atoms with van der Waals surface area (Å²) in [4.78, 5) is 13.1. The predicted octanol–water partition coefficient (Wildman–Crippen LogP) is 2.66. The van der Waals surface area contributed by atoms with E-state index in [4.69, 9.17) is 0 Å². The molecule has 0 aliphatic heterocycles. The number of benzene rings is 1. The minimum absolute atomic E-state index is 0.0559. The number of carbonyl (C=O) groups is 1. The number of nitrogens with one attached hydrogen (secondary N) is 1. The van der Waals surface area contributed by atoms with Crippen LogP contribution in [0.1, 0.15) is 48.7 Å². The zero-order chi connectivity index (χ0) is 16.1. The van der Waals surface area contributed by atoms with Crippen molar-refractivity contribution in [2.24, 2.45) is 0 Å². The minimum atomic E-state index is -0.123. The topological polar surface area (TPSA) is 45.7 Å². The number of likely N-dealkylation sites (N-methyl/N-ethyl adjacent to an activating group) is 1. The Bertz CT molecular complexity index is 590. The molecule has 1 aromatic carbocycles. The molecule has 2 aromatic rings. The lowest BCUT2D eigenvalue weighted by atomic mass is 9.98. The Balaban J connectivity index is 2.26. The van der Waals surface area contributed by atoms with Crippen LogP contribution in [0.2, 0.25) is 0 Å². The molecule has 1 heterocycles. The van der Waals surface area contributed by atoms with Crippen molar-refractivity contribution in [2.45, 2.75) is 38.8 Å². The first kappa shape index (κ1) is 16.7. The summed E-state index contributed by atoms with van der Waals surface area (Å²) in [5, 5.41) is 6.94. The molecule has 118 valence electrons. The van der Waals surface area contributed by atoms with Gasteiger partial charge in [-0.2, -0.15) is 0 Å². The van der Waals surface area contributed by atoms with Crippen molar-refractivity contribution in [1.29, 1.82) is 0 Å². The zero-order valence-electron chi connectivity index (χ0n) is 13.7. The van der Waals surface area contributed by atoms with E-state index in [-0.39, 0.29) is 18.0 Å². The van der Waals surface area contributed by atoms with Gasteiger partial charge in [0.15, 0.2) is 6.04 Å². The molecule has 3 N–H and O–H groups in total. The van der Waals surface area contributed by atoms with Crippen molar-refractivity contribution in [1.82, 2.24) is 5.32 Å². The van der Waals surface area contributed by atoms with Gasteiger partial charge in [-0.05, 0) is 29.9 Å². The van der Waals surface area contributed by atoms with Crippen molar-refractivity contribution in [3.63, 3.8) is 0 Å². The Morgan fingerprint density at radius 1 is 1.09 bits per heavy atom. The number of hydrogen-bond acceptors (Lipinski definition) is 2. The van der Waals surface area contributed by atoms with Crippen LogP contribution in [0.25, 0.3) is 0 Å². The van der Waals surface area contributed by atoms with Crippen LogP contribution in [0, 0.1) is 0 Å². The van der Waals surface area contributed by atoms with Gasteiger partial charge in [0.1, 0.15) is 6.04 Å². The van der Waals surface area contributed by atoms with Crippen LogP contribution in [-0.2, 0) is 4.79 Å². The van der Waals surface area contributed by atoms with Gasteiger partial charge in [0.2, 0.25) is 0 Å². The molecule has 1 aromatic heterocycles. The predicted molar refractivity (Wildman–Crippen MR) is 92.1 cm³/mol. The summed E-state index contributed by atoms with van der Waals surface area (Å²) in [5.41, 5.74) is 2.58. The Morgan fingerprint density at radius 2 is 1.73 bits per heavy atom. The van der Waals surface area contributed by atoms with Crippen molar-refractivity contribution in [3.8, 4) is 0 Å². The molecule has 0 fully saturated rings. The van der Waals surface area contributed by atoms with Gasteiger partial charge in [-0.1, -0.05) is 44.2 Å². The molecule has 4 heteroatoms. The molecule has 0 radical (unpaired) electrons. The average molecular weight is 317 g/mol. The highest BCUT2D eigenvalue weighted by atomic mass is 32.1. The normalized spacial score (nSPS) is 13.9. The zero-order valence-corrected chi connectivity index (χ0v) is 14.5. The van der Waals surface area contributed by atoms with Gasteiger partial charge in [0, 0.05) is 12.6 Å². The van der Waals surface area contributed by atoms with Gasteiger partial charge >= 0.3 is 0 Å². The molecular weight excluding hydrogens is 292 g/mol. The Hall–Kier alpha value is -1.65. The van der Waals surface area contributed by atoms with Crippen molar-refractivity contribution in [3.05, 3.63) is 57.8 Å². The molecule has 0 aliphatic rings. The average Bonchev–Trinajstić information content (AvgIpc) is 3.05. The summed E-state index contributed by atoms with van der Waals surface area (Å²) in [6, 6.07) is 13.0. The van der Waals surface area contributed by atoms with Crippen molar-refractivity contribution < 1.29 is 10.1 Å². The van der Waals surface area contributed by atoms with Crippen LogP contribution < -0.4 is 10.6 Å². The standard InChI is InChI=1S/C18H24N2OS/c1-12(2)14-7-9-15(10-8-14)17(16-6-5-11-22-16)20-13(3)18(21)19-4/h5-13,17,20H,1-4H3,(H,19,21)/p+1/t13-,17+/m1/s1. The lowest BCUT2D eigenvalue weighted by Gasteiger charge is -2.19. The van der Waals surface area contributed by atoms with E-state index >= 15 is 0 Å². The largest absolute Gasteiger partial charge is 0.354 e. The molecule has 2 atom stereocenters. The smallest absolute Gasteiger partial charge is 0.277 e. The lowest BCUT2D eigenvalue weighted by Crippen LogP contribution is -2.92. The SMILES string of the molecule is CNC(=O)[C@@H](C)[NH2+][C@@H](c1ccc(C(C)C)cc1)c1cccs1. The molecule has 0 bridgehead atoms. The number of carbonyl (C=O) groups excluding carboxylic acids is 1. The van der Waals surface area contributed by atoms with Crippen LogP contribution in [0.15, 0.2) is 41.8 Å². The monoisotopic (exact) mass is 317 g/mol. The maximum atomic E-state index is 11.9. The van der Waals surface area contributed by atoms with Crippen molar-refractivity contribution in [2.75, 3.05) is 7.05 Å². The number of nitrogens with two attached hydrogens (primary N) is 1. The van der Waals surface area contributed by atoms with E-state index in [1.165, 1.54) is 16.0 Å². The van der Waals surface area contributed by atoms with Gasteiger partial charge < -0.3 is 10.6 Å².